The van der Waals surface area contributed by atoms with Crippen LogP contribution in [0.15, 0.2) is 0 Å². The minimum absolute atomic E-state index is 0.714. The van der Waals surface area contributed by atoms with Crippen LogP contribution in [0, 0.1) is 0 Å². The van der Waals surface area contributed by atoms with Gasteiger partial charge in [0.25, 0.3) is 0 Å². The molecule has 0 aliphatic heterocycles. The van der Waals surface area contributed by atoms with E-state index in [1.807, 2.05) is 6.92 Å². The van der Waals surface area contributed by atoms with Gasteiger partial charge in [-0.05, 0) is 39.7 Å². The van der Waals surface area contributed by atoms with Crippen LogP contribution in [0.1, 0.15) is 46.0 Å². The van der Waals surface area contributed by atoms with Gasteiger partial charge in [-0.3, -0.25) is 0 Å². The van der Waals surface area contributed by atoms with Gasteiger partial charge < -0.3 is 10.1 Å². The molecule has 0 aromatic carbocycles. The van der Waals surface area contributed by atoms with E-state index in [1.165, 1.54) is 32.1 Å². The number of ether oxygens (including phenoxy) is 1. The molecule has 13 heavy (non-hydrogen) atoms. The first kappa shape index (κ1) is 12.9. The fourth-order valence-corrected chi connectivity index (χ4v) is 1.52. The van der Waals surface area contributed by atoms with E-state index in [4.69, 9.17) is 4.74 Å². The van der Waals surface area contributed by atoms with Crippen LogP contribution >= 0.6 is 0 Å². The minimum Gasteiger partial charge on any atom is -0.382 e. The predicted octanol–water partition coefficient (Wildman–Crippen LogP) is 2.58. The quantitative estimate of drug-likeness (QED) is 0.560. The normalized spacial score (nSPS) is 13.2. The fraction of sp³-hybridized carbons (Fsp3) is 1.00. The lowest BCUT2D eigenvalue weighted by atomic mass is 10.1. The van der Waals surface area contributed by atoms with E-state index in [0.29, 0.717) is 6.04 Å². The summed E-state index contributed by atoms with van der Waals surface area (Å²) in [5, 5.41) is 3.35. The molecule has 2 nitrogen and oxygen atoms in total. The Morgan fingerprint density at radius 2 is 1.92 bits per heavy atom. The van der Waals surface area contributed by atoms with Crippen molar-refractivity contribution >= 4 is 0 Å². The maximum absolute atomic E-state index is 5.29. The topological polar surface area (TPSA) is 21.3 Å². The monoisotopic (exact) mass is 187 g/mol. The zero-order chi connectivity index (χ0) is 9.94. The summed E-state index contributed by atoms with van der Waals surface area (Å²) in [6.45, 7) is 6.07. The molecule has 0 rings (SSSR count). The molecule has 0 spiro atoms. The lowest BCUT2D eigenvalue weighted by Gasteiger charge is -2.14. The molecule has 0 radical (unpaired) electrons. The van der Waals surface area contributed by atoms with Gasteiger partial charge in [0, 0.05) is 19.3 Å². The van der Waals surface area contributed by atoms with Gasteiger partial charge in [-0.15, -0.1) is 0 Å². The van der Waals surface area contributed by atoms with Crippen molar-refractivity contribution in [2.75, 3.05) is 20.3 Å². The first-order valence-corrected chi connectivity index (χ1v) is 5.60. The molecule has 0 saturated heterocycles. The van der Waals surface area contributed by atoms with Crippen molar-refractivity contribution in [1.29, 1.82) is 0 Å². The van der Waals surface area contributed by atoms with E-state index < -0.39 is 0 Å². The van der Waals surface area contributed by atoms with Gasteiger partial charge in [-0.2, -0.15) is 0 Å². The number of rotatable bonds is 9. The van der Waals surface area contributed by atoms with Crippen molar-refractivity contribution in [2.24, 2.45) is 0 Å². The highest BCUT2D eigenvalue weighted by Gasteiger charge is 2.03. The smallest absolute Gasteiger partial charge is 0.0465 e. The third-order valence-corrected chi connectivity index (χ3v) is 2.34. The highest BCUT2D eigenvalue weighted by atomic mass is 16.5. The predicted molar refractivity (Wildman–Crippen MR) is 58.1 cm³/mol. The highest BCUT2D eigenvalue weighted by molar-refractivity contribution is 4.63. The van der Waals surface area contributed by atoms with Crippen molar-refractivity contribution in [3.05, 3.63) is 0 Å². The second-order valence-corrected chi connectivity index (χ2v) is 3.47. The molecule has 0 aromatic rings. The van der Waals surface area contributed by atoms with Crippen LogP contribution in [0.4, 0.5) is 0 Å². The van der Waals surface area contributed by atoms with Crippen LogP contribution in [-0.2, 0) is 4.74 Å². The van der Waals surface area contributed by atoms with Crippen LogP contribution in [-0.4, -0.2) is 26.3 Å². The summed E-state index contributed by atoms with van der Waals surface area (Å²) in [4.78, 5) is 0. The van der Waals surface area contributed by atoms with Crippen LogP contribution in [0.2, 0.25) is 0 Å². The molecule has 0 heterocycles. The Bertz CT molecular complexity index is 96.1. The zero-order valence-electron chi connectivity index (χ0n) is 9.44. The van der Waals surface area contributed by atoms with Gasteiger partial charge in [0.1, 0.15) is 0 Å². The Hall–Kier alpha value is -0.0800. The molecule has 0 amide bonds. The van der Waals surface area contributed by atoms with E-state index in [2.05, 4.69) is 19.3 Å². The second-order valence-electron chi connectivity index (χ2n) is 3.47. The van der Waals surface area contributed by atoms with Crippen LogP contribution in [0.5, 0.6) is 0 Å². The molecule has 2 heteroatoms. The number of hydrogen-bond acceptors (Lipinski definition) is 2. The number of hydrogen-bond donors (Lipinski definition) is 1. The van der Waals surface area contributed by atoms with Crippen molar-refractivity contribution in [3.8, 4) is 0 Å². The average molecular weight is 187 g/mol. The molecule has 1 atom stereocenters. The standard InChI is InChI=1S/C11H25NO/c1-4-8-11(12-3)9-6-7-10-13-5-2/h11-12H,4-10H2,1-3H3. The molecule has 0 aromatic heterocycles. The molecule has 0 saturated carbocycles. The third-order valence-electron chi connectivity index (χ3n) is 2.34. The van der Waals surface area contributed by atoms with Crippen LogP contribution < -0.4 is 5.32 Å². The van der Waals surface area contributed by atoms with Gasteiger partial charge >= 0.3 is 0 Å². The lowest BCUT2D eigenvalue weighted by molar-refractivity contribution is 0.142. The molecule has 0 fully saturated rings. The molecule has 1 unspecified atom stereocenters. The fourth-order valence-electron chi connectivity index (χ4n) is 1.52. The first-order chi connectivity index (χ1) is 6.35. The summed E-state index contributed by atoms with van der Waals surface area (Å²) < 4.78 is 5.29. The third kappa shape index (κ3) is 8.26. The molecular formula is C11H25NO. The summed E-state index contributed by atoms with van der Waals surface area (Å²) in [5.74, 6) is 0. The lowest BCUT2D eigenvalue weighted by Crippen LogP contribution is -2.24. The summed E-state index contributed by atoms with van der Waals surface area (Å²) in [7, 11) is 2.06. The molecule has 80 valence electrons. The molecular weight excluding hydrogens is 162 g/mol. The van der Waals surface area contributed by atoms with Gasteiger partial charge in [-0.25, -0.2) is 0 Å². The molecule has 0 aliphatic rings. The zero-order valence-corrected chi connectivity index (χ0v) is 9.44. The summed E-state index contributed by atoms with van der Waals surface area (Å²) in [6, 6.07) is 0.714. The number of nitrogens with one attached hydrogen (secondary N) is 1. The van der Waals surface area contributed by atoms with Gasteiger partial charge in [0.15, 0.2) is 0 Å². The second kappa shape index (κ2) is 10.0. The van der Waals surface area contributed by atoms with Crippen molar-refractivity contribution in [3.63, 3.8) is 0 Å². The average Bonchev–Trinajstić information content (AvgIpc) is 2.16. The van der Waals surface area contributed by atoms with Gasteiger partial charge in [0.05, 0.1) is 0 Å². The Morgan fingerprint density at radius 1 is 1.15 bits per heavy atom. The maximum Gasteiger partial charge on any atom is 0.0465 e. The van der Waals surface area contributed by atoms with Crippen molar-refractivity contribution in [1.82, 2.24) is 5.32 Å². The van der Waals surface area contributed by atoms with Crippen LogP contribution in [0.25, 0.3) is 0 Å². The summed E-state index contributed by atoms with van der Waals surface area (Å²) >= 11 is 0. The maximum atomic E-state index is 5.29. The summed E-state index contributed by atoms with van der Waals surface area (Å²) in [5.41, 5.74) is 0. The molecule has 1 N–H and O–H groups in total. The van der Waals surface area contributed by atoms with E-state index in [1.54, 1.807) is 0 Å². The van der Waals surface area contributed by atoms with Crippen molar-refractivity contribution in [2.45, 2.75) is 52.0 Å². The Labute approximate surface area is 83.1 Å². The number of unbranched alkanes of at least 4 members (excludes halogenated alkanes) is 1. The van der Waals surface area contributed by atoms with E-state index in [-0.39, 0.29) is 0 Å². The minimum atomic E-state index is 0.714. The Kier molecular flexibility index (Phi) is 9.94. The molecule has 0 bridgehead atoms. The van der Waals surface area contributed by atoms with E-state index >= 15 is 0 Å². The SMILES string of the molecule is CCCC(CCCCOCC)NC. The highest BCUT2D eigenvalue weighted by Crippen LogP contribution is 2.06. The van der Waals surface area contributed by atoms with Crippen molar-refractivity contribution < 1.29 is 4.74 Å². The summed E-state index contributed by atoms with van der Waals surface area (Å²) in [6.07, 6.45) is 6.35. The molecule has 0 aliphatic carbocycles. The van der Waals surface area contributed by atoms with Gasteiger partial charge in [-0.1, -0.05) is 13.3 Å². The Morgan fingerprint density at radius 3 is 2.46 bits per heavy atom. The first-order valence-electron chi connectivity index (χ1n) is 5.60. The van der Waals surface area contributed by atoms with Crippen LogP contribution in [0.3, 0.4) is 0 Å². The van der Waals surface area contributed by atoms with E-state index in [9.17, 15) is 0 Å². The van der Waals surface area contributed by atoms with E-state index in [0.717, 1.165) is 13.2 Å². The van der Waals surface area contributed by atoms with Gasteiger partial charge in [0.2, 0.25) is 0 Å². The Balaban J connectivity index is 3.17. The largest absolute Gasteiger partial charge is 0.382 e.